The smallest absolute Gasteiger partial charge is 0.348 e. The van der Waals surface area contributed by atoms with Gasteiger partial charge < -0.3 is 5.32 Å². The van der Waals surface area contributed by atoms with Gasteiger partial charge in [0, 0.05) is 12.6 Å². The molecular weight excluding hydrogens is 370 g/mol. The summed E-state index contributed by atoms with van der Waals surface area (Å²) in [6.45, 7) is 5.52. The van der Waals surface area contributed by atoms with Gasteiger partial charge in [-0.2, -0.15) is 13.2 Å². The molecule has 0 fully saturated rings. The monoisotopic (exact) mass is 393 g/mol. The molecule has 0 saturated carbocycles. The Bertz CT molecular complexity index is 862. The molecule has 0 aliphatic rings. The number of carbonyl (C=O) groups excluding carboxylic acids is 1. The molecule has 0 unspecified atom stereocenters. The second kappa shape index (κ2) is 9.04. The zero-order chi connectivity index (χ0) is 20.9. The molecule has 2 aromatic rings. The number of nitrogens with one attached hydrogen (secondary N) is 1. The first-order valence-electron chi connectivity index (χ1n) is 9.03. The van der Waals surface area contributed by atoms with Gasteiger partial charge in [-0.25, -0.2) is 4.39 Å². The van der Waals surface area contributed by atoms with Crippen LogP contribution in [0.3, 0.4) is 0 Å². The molecule has 0 saturated heterocycles. The summed E-state index contributed by atoms with van der Waals surface area (Å²) in [5.74, 6) is -0.727. The Morgan fingerprint density at radius 2 is 1.86 bits per heavy atom. The van der Waals surface area contributed by atoms with Crippen molar-refractivity contribution >= 4 is 12.0 Å². The lowest BCUT2D eigenvalue weighted by molar-refractivity contribution is -0.137. The van der Waals surface area contributed by atoms with Crippen LogP contribution in [0.1, 0.15) is 46.7 Å². The molecule has 0 radical (unpaired) electrons. The third kappa shape index (κ3) is 5.68. The van der Waals surface area contributed by atoms with Crippen LogP contribution in [-0.4, -0.2) is 5.91 Å². The minimum absolute atomic E-state index is 0.163. The Morgan fingerprint density at radius 1 is 1.14 bits per heavy atom. The quantitative estimate of drug-likeness (QED) is 0.492. The Morgan fingerprint density at radius 3 is 2.46 bits per heavy atom. The van der Waals surface area contributed by atoms with Crippen molar-refractivity contribution in [2.24, 2.45) is 0 Å². The van der Waals surface area contributed by atoms with E-state index in [-0.39, 0.29) is 12.4 Å². The predicted octanol–water partition coefficient (Wildman–Crippen LogP) is 5.74. The van der Waals surface area contributed by atoms with Gasteiger partial charge in [-0.3, -0.25) is 4.79 Å². The van der Waals surface area contributed by atoms with Crippen molar-refractivity contribution in [1.29, 1.82) is 0 Å². The van der Waals surface area contributed by atoms with Gasteiger partial charge >= 0.3 is 6.18 Å². The van der Waals surface area contributed by atoms with E-state index in [0.717, 1.165) is 17.7 Å². The van der Waals surface area contributed by atoms with Crippen LogP contribution in [0.4, 0.5) is 17.6 Å². The summed E-state index contributed by atoms with van der Waals surface area (Å²) in [7, 11) is 0. The molecule has 0 heterocycles. The van der Waals surface area contributed by atoms with E-state index in [1.807, 2.05) is 6.92 Å². The molecule has 1 N–H and O–H groups in total. The molecule has 0 aliphatic heterocycles. The van der Waals surface area contributed by atoms with Crippen LogP contribution in [0, 0.1) is 19.7 Å². The number of hydrogen-bond acceptors (Lipinski definition) is 1. The van der Waals surface area contributed by atoms with Crippen molar-refractivity contribution < 1.29 is 22.4 Å². The Labute approximate surface area is 162 Å². The van der Waals surface area contributed by atoms with E-state index < -0.39 is 17.6 Å². The molecule has 6 heteroatoms. The van der Waals surface area contributed by atoms with Crippen LogP contribution in [0.5, 0.6) is 0 Å². The lowest BCUT2D eigenvalue weighted by atomic mass is 9.99. The first-order chi connectivity index (χ1) is 13.1. The maximum Gasteiger partial charge on any atom is 0.416 e. The SMILES string of the molecule is CCCc1cc(C(F)(F)F)ccc1/C=C/C(=O)NCc1cc(C)c(C)c(F)c1. The summed E-state index contributed by atoms with van der Waals surface area (Å²) < 4.78 is 52.4. The second-order valence-corrected chi connectivity index (χ2v) is 6.73. The molecule has 2 rings (SSSR count). The van der Waals surface area contributed by atoms with Crippen LogP contribution in [-0.2, 0) is 23.9 Å². The second-order valence-electron chi connectivity index (χ2n) is 6.73. The fourth-order valence-corrected chi connectivity index (χ4v) is 2.83. The Balaban J connectivity index is 2.09. The zero-order valence-corrected chi connectivity index (χ0v) is 16.1. The van der Waals surface area contributed by atoms with E-state index >= 15 is 0 Å². The number of aryl methyl sites for hydroxylation is 2. The molecule has 0 spiro atoms. The fraction of sp³-hybridized carbons (Fsp3) is 0.318. The Kier molecular flexibility index (Phi) is 7.00. The molecule has 0 bridgehead atoms. The molecule has 0 aliphatic carbocycles. The van der Waals surface area contributed by atoms with Crippen molar-refractivity contribution in [1.82, 2.24) is 5.32 Å². The number of amides is 1. The highest BCUT2D eigenvalue weighted by Crippen LogP contribution is 2.31. The number of halogens is 4. The number of alkyl halides is 3. The Hall–Kier alpha value is -2.63. The third-order valence-electron chi connectivity index (χ3n) is 4.53. The topological polar surface area (TPSA) is 29.1 Å². The van der Waals surface area contributed by atoms with Gasteiger partial charge in [0.1, 0.15) is 5.82 Å². The molecule has 0 aromatic heterocycles. The molecule has 2 nitrogen and oxygen atoms in total. The van der Waals surface area contributed by atoms with Crippen LogP contribution < -0.4 is 5.32 Å². The van der Waals surface area contributed by atoms with E-state index in [2.05, 4.69) is 5.32 Å². The van der Waals surface area contributed by atoms with E-state index in [1.165, 1.54) is 24.3 Å². The van der Waals surface area contributed by atoms with E-state index in [0.29, 0.717) is 35.1 Å². The van der Waals surface area contributed by atoms with Gasteiger partial charge in [-0.05, 0) is 72.4 Å². The molecule has 150 valence electrons. The number of carbonyl (C=O) groups is 1. The van der Waals surface area contributed by atoms with Crippen molar-refractivity contribution in [2.45, 2.75) is 46.3 Å². The van der Waals surface area contributed by atoms with Gasteiger partial charge in [0.15, 0.2) is 0 Å². The first kappa shape index (κ1) is 21.7. The third-order valence-corrected chi connectivity index (χ3v) is 4.53. The number of hydrogen-bond donors (Lipinski definition) is 1. The van der Waals surface area contributed by atoms with Crippen molar-refractivity contribution in [3.05, 3.63) is 75.6 Å². The first-order valence-corrected chi connectivity index (χ1v) is 9.03. The minimum Gasteiger partial charge on any atom is -0.348 e. The summed E-state index contributed by atoms with van der Waals surface area (Å²) in [6.07, 6.45) is -0.454. The van der Waals surface area contributed by atoms with Gasteiger partial charge in [0.05, 0.1) is 5.56 Å². The summed E-state index contributed by atoms with van der Waals surface area (Å²) in [5, 5.41) is 2.66. The highest BCUT2D eigenvalue weighted by Gasteiger charge is 2.30. The largest absolute Gasteiger partial charge is 0.416 e. The summed E-state index contributed by atoms with van der Waals surface area (Å²) in [6, 6.07) is 6.68. The normalized spacial score (nSPS) is 11.8. The van der Waals surface area contributed by atoms with E-state index in [4.69, 9.17) is 0 Å². The van der Waals surface area contributed by atoms with Crippen LogP contribution in [0.15, 0.2) is 36.4 Å². The average Bonchev–Trinajstić information content (AvgIpc) is 2.62. The zero-order valence-electron chi connectivity index (χ0n) is 16.1. The van der Waals surface area contributed by atoms with E-state index in [1.54, 1.807) is 19.9 Å². The van der Waals surface area contributed by atoms with Crippen molar-refractivity contribution in [2.75, 3.05) is 0 Å². The highest BCUT2D eigenvalue weighted by molar-refractivity contribution is 5.91. The molecular formula is C22H23F4NO. The summed E-state index contributed by atoms with van der Waals surface area (Å²) >= 11 is 0. The fourth-order valence-electron chi connectivity index (χ4n) is 2.83. The number of benzene rings is 2. The predicted molar refractivity (Wildman–Crippen MR) is 102 cm³/mol. The molecule has 1 amide bonds. The summed E-state index contributed by atoms with van der Waals surface area (Å²) in [4.78, 5) is 12.1. The summed E-state index contributed by atoms with van der Waals surface area (Å²) in [5.41, 5.74) is 2.42. The van der Waals surface area contributed by atoms with Crippen LogP contribution in [0.25, 0.3) is 6.08 Å². The van der Waals surface area contributed by atoms with Gasteiger partial charge in [-0.15, -0.1) is 0 Å². The minimum atomic E-state index is -4.40. The maximum absolute atomic E-state index is 13.8. The maximum atomic E-state index is 13.8. The number of rotatable bonds is 6. The molecule has 0 atom stereocenters. The lowest BCUT2D eigenvalue weighted by Crippen LogP contribution is -2.20. The average molecular weight is 393 g/mol. The van der Waals surface area contributed by atoms with Crippen molar-refractivity contribution in [3.63, 3.8) is 0 Å². The van der Waals surface area contributed by atoms with Gasteiger partial charge in [-0.1, -0.05) is 25.5 Å². The van der Waals surface area contributed by atoms with Crippen LogP contribution in [0.2, 0.25) is 0 Å². The lowest BCUT2D eigenvalue weighted by Gasteiger charge is -2.11. The van der Waals surface area contributed by atoms with Crippen molar-refractivity contribution in [3.8, 4) is 0 Å². The van der Waals surface area contributed by atoms with Gasteiger partial charge in [0.2, 0.25) is 5.91 Å². The van der Waals surface area contributed by atoms with Gasteiger partial charge in [0.25, 0.3) is 0 Å². The highest BCUT2D eigenvalue weighted by atomic mass is 19.4. The van der Waals surface area contributed by atoms with E-state index in [9.17, 15) is 22.4 Å². The molecule has 28 heavy (non-hydrogen) atoms. The van der Waals surface area contributed by atoms with Crippen LogP contribution >= 0.6 is 0 Å². The standard InChI is InChI=1S/C22H23F4NO/c1-4-5-18-12-19(22(24,25)26)8-6-17(18)7-9-21(28)27-13-16-10-14(2)15(3)20(23)11-16/h6-12H,4-5,13H2,1-3H3,(H,27,28)/b9-7+. The molecule has 2 aromatic carbocycles.